The van der Waals surface area contributed by atoms with Crippen LogP contribution >= 0.6 is 0 Å². The summed E-state index contributed by atoms with van der Waals surface area (Å²) in [6.45, 7) is 0. The topological polar surface area (TPSA) is 30.7 Å². The number of rotatable bonds is 5. The summed E-state index contributed by atoms with van der Waals surface area (Å²) < 4.78 is 2.41. The lowest BCUT2D eigenvalue weighted by molar-refractivity contribution is 0.769. The van der Waals surface area contributed by atoms with Crippen molar-refractivity contribution in [2.75, 3.05) is 0 Å². The third-order valence-corrected chi connectivity index (χ3v) is 11.3. The van der Waals surface area contributed by atoms with Gasteiger partial charge in [0.05, 0.1) is 38.9 Å². The first-order valence-corrected chi connectivity index (χ1v) is 18.5. The number of benzene rings is 8. The van der Waals surface area contributed by atoms with Gasteiger partial charge in [-0.2, -0.15) is 0 Å². The Morgan fingerprint density at radius 3 is 1.63 bits per heavy atom. The summed E-state index contributed by atoms with van der Waals surface area (Å²) in [6, 6.07) is 71.9. The Balaban J connectivity index is 1.20. The molecule has 0 amide bonds. The van der Waals surface area contributed by atoms with Crippen molar-refractivity contribution in [3.63, 3.8) is 0 Å². The molecule has 3 nitrogen and oxygen atoms in total. The summed E-state index contributed by atoms with van der Waals surface area (Å²) >= 11 is 0. The SMILES string of the molecule is c1ccc(-c2nc3ccc(-n4c5ccccc5c5c6c(ccc54)C(c4ccccc4)(c4ccccc4)c4ccccc4-6)cc3nc2-c2ccccc2)cc1. The van der Waals surface area contributed by atoms with Gasteiger partial charge in [-0.1, -0.05) is 170 Å². The first kappa shape index (κ1) is 30.5. The van der Waals surface area contributed by atoms with Gasteiger partial charge in [-0.05, 0) is 63.7 Å². The number of nitrogens with zero attached hydrogens (tertiary/aromatic N) is 3. The van der Waals surface area contributed by atoms with E-state index in [1.54, 1.807) is 0 Å². The van der Waals surface area contributed by atoms with Gasteiger partial charge in [0.2, 0.25) is 0 Å². The standard InChI is InChI=1S/C51H33N3/c1-5-17-34(18-6-1)49-50(35-19-7-2-8-20-35)53-44-33-38(29-31-43(44)52-49)54-45-28-16-14-26-40(45)48-46(54)32-30-42-47(48)39-25-13-15-27-41(39)51(42,36-21-9-3-10-22-36)37-23-11-4-12-24-37/h1-33H. The van der Waals surface area contributed by atoms with Crippen molar-refractivity contribution in [1.29, 1.82) is 0 Å². The average molecular weight is 688 g/mol. The van der Waals surface area contributed by atoms with Crippen LogP contribution in [0.1, 0.15) is 22.3 Å². The molecule has 0 unspecified atom stereocenters. The van der Waals surface area contributed by atoms with Crippen molar-refractivity contribution in [1.82, 2.24) is 14.5 Å². The van der Waals surface area contributed by atoms with Gasteiger partial charge >= 0.3 is 0 Å². The minimum absolute atomic E-state index is 0.464. The smallest absolute Gasteiger partial charge is 0.0973 e. The molecule has 0 saturated heterocycles. The van der Waals surface area contributed by atoms with E-state index in [2.05, 4.69) is 193 Å². The molecule has 1 aliphatic carbocycles. The van der Waals surface area contributed by atoms with Crippen LogP contribution in [0.3, 0.4) is 0 Å². The highest BCUT2D eigenvalue weighted by atomic mass is 15.0. The molecule has 0 bridgehead atoms. The van der Waals surface area contributed by atoms with Crippen LogP contribution in [0.2, 0.25) is 0 Å². The highest BCUT2D eigenvalue weighted by Crippen LogP contribution is 2.58. The van der Waals surface area contributed by atoms with E-state index in [-0.39, 0.29) is 0 Å². The molecule has 10 aromatic rings. The van der Waals surface area contributed by atoms with Gasteiger partial charge in [0, 0.05) is 27.6 Å². The van der Waals surface area contributed by atoms with Crippen LogP contribution in [0.25, 0.3) is 72.2 Å². The van der Waals surface area contributed by atoms with Crippen molar-refractivity contribution in [2.24, 2.45) is 0 Å². The van der Waals surface area contributed by atoms with Gasteiger partial charge in [-0.25, -0.2) is 9.97 Å². The Bertz CT molecular complexity index is 2980. The fraction of sp³-hybridized carbons (Fsp3) is 0.0196. The Morgan fingerprint density at radius 1 is 0.407 bits per heavy atom. The fourth-order valence-corrected chi connectivity index (χ4v) is 9.05. The largest absolute Gasteiger partial charge is 0.309 e. The van der Waals surface area contributed by atoms with E-state index in [0.717, 1.165) is 50.3 Å². The molecule has 0 N–H and O–H groups in total. The number of para-hydroxylation sites is 1. The van der Waals surface area contributed by atoms with E-state index < -0.39 is 5.41 Å². The molecular weight excluding hydrogens is 655 g/mol. The molecular formula is C51H33N3. The zero-order valence-corrected chi connectivity index (χ0v) is 29.4. The number of fused-ring (bicyclic) bond motifs is 8. The van der Waals surface area contributed by atoms with Gasteiger partial charge in [-0.15, -0.1) is 0 Å². The van der Waals surface area contributed by atoms with Crippen LogP contribution in [0.15, 0.2) is 200 Å². The van der Waals surface area contributed by atoms with Crippen LogP contribution in [0, 0.1) is 0 Å². The predicted molar refractivity (Wildman–Crippen MR) is 222 cm³/mol. The van der Waals surface area contributed by atoms with E-state index in [9.17, 15) is 0 Å². The monoisotopic (exact) mass is 687 g/mol. The highest BCUT2D eigenvalue weighted by molar-refractivity contribution is 6.18. The maximum atomic E-state index is 5.35. The third-order valence-electron chi connectivity index (χ3n) is 11.3. The van der Waals surface area contributed by atoms with Gasteiger partial charge in [0.25, 0.3) is 0 Å². The summed E-state index contributed by atoms with van der Waals surface area (Å²) in [5.41, 5.74) is 16.2. The summed E-state index contributed by atoms with van der Waals surface area (Å²) in [5.74, 6) is 0. The molecule has 0 fully saturated rings. The van der Waals surface area contributed by atoms with Gasteiger partial charge in [0.1, 0.15) is 0 Å². The second-order valence-corrected chi connectivity index (χ2v) is 14.1. The van der Waals surface area contributed by atoms with Crippen molar-refractivity contribution in [2.45, 2.75) is 5.41 Å². The number of aromatic nitrogens is 3. The quantitative estimate of drug-likeness (QED) is 0.180. The molecule has 2 heterocycles. The second-order valence-electron chi connectivity index (χ2n) is 14.1. The molecule has 8 aromatic carbocycles. The van der Waals surface area contributed by atoms with Crippen molar-refractivity contribution >= 4 is 32.8 Å². The van der Waals surface area contributed by atoms with Crippen LogP contribution in [-0.4, -0.2) is 14.5 Å². The van der Waals surface area contributed by atoms with Gasteiger partial charge in [-0.3, -0.25) is 0 Å². The summed E-state index contributed by atoms with van der Waals surface area (Å²) in [5, 5.41) is 2.49. The number of hydrogen-bond acceptors (Lipinski definition) is 2. The van der Waals surface area contributed by atoms with Crippen LogP contribution in [0.5, 0.6) is 0 Å². The first-order valence-electron chi connectivity index (χ1n) is 18.5. The highest BCUT2D eigenvalue weighted by Gasteiger charge is 2.47. The molecule has 252 valence electrons. The van der Waals surface area contributed by atoms with Crippen molar-refractivity contribution in [3.05, 3.63) is 222 Å². The van der Waals surface area contributed by atoms with E-state index in [4.69, 9.17) is 9.97 Å². The van der Waals surface area contributed by atoms with Crippen LogP contribution in [-0.2, 0) is 5.41 Å². The summed E-state index contributed by atoms with van der Waals surface area (Å²) in [4.78, 5) is 10.6. The van der Waals surface area contributed by atoms with Crippen molar-refractivity contribution in [3.8, 4) is 39.3 Å². The average Bonchev–Trinajstić information content (AvgIpc) is 3.75. The lowest BCUT2D eigenvalue weighted by Gasteiger charge is -2.33. The third kappa shape index (κ3) is 4.36. The van der Waals surface area contributed by atoms with Gasteiger partial charge < -0.3 is 4.57 Å². The maximum absolute atomic E-state index is 5.35. The molecule has 2 aromatic heterocycles. The lowest BCUT2D eigenvalue weighted by atomic mass is 9.67. The number of hydrogen-bond donors (Lipinski definition) is 0. The molecule has 54 heavy (non-hydrogen) atoms. The summed E-state index contributed by atoms with van der Waals surface area (Å²) in [7, 11) is 0. The van der Waals surface area contributed by atoms with E-state index >= 15 is 0 Å². The first-order chi connectivity index (χ1) is 26.8. The minimum Gasteiger partial charge on any atom is -0.309 e. The Morgan fingerprint density at radius 2 is 0.963 bits per heavy atom. The minimum atomic E-state index is -0.464. The lowest BCUT2D eigenvalue weighted by Crippen LogP contribution is -2.28. The molecule has 0 aliphatic heterocycles. The molecule has 0 atom stereocenters. The molecule has 0 spiro atoms. The Kier molecular flexibility index (Phi) is 6.77. The molecule has 1 aliphatic rings. The summed E-state index contributed by atoms with van der Waals surface area (Å²) in [6.07, 6.45) is 0. The predicted octanol–water partition coefficient (Wildman–Crippen LogP) is 12.4. The van der Waals surface area contributed by atoms with Crippen molar-refractivity contribution < 1.29 is 0 Å². The van der Waals surface area contributed by atoms with Gasteiger partial charge in [0.15, 0.2) is 0 Å². The normalized spacial score (nSPS) is 13.0. The zero-order valence-electron chi connectivity index (χ0n) is 29.4. The van der Waals surface area contributed by atoms with E-state index in [1.807, 2.05) is 12.1 Å². The Labute approximate surface area is 313 Å². The fourth-order valence-electron chi connectivity index (χ4n) is 9.05. The molecule has 0 saturated carbocycles. The maximum Gasteiger partial charge on any atom is 0.0973 e. The Hall–Kier alpha value is -7.10. The second kappa shape index (κ2) is 12.0. The molecule has 3 heteroatoms. The van der Waals surface area contributed by atoms with E-state index in [1.165, 1.54) is 44.2 Å². The molecule has 0 radical (unpaired) electrons. The van der Waals surface area contributed by atoms with Crippen LogP contribution in [0.4, 0.5) is 0 Å². The molecule has 11 rings (SSSR count). The zero-order chi connectivity index (χ0) is 35.6. The van der Waals surface area contributed by atoms with Crippen LogP contribution < -0.4 is 0 Å². The van der Waals surface area contributed by atoms with E-state index in [0.29, 0.717) is 0 Å².